The number of carbonyl (C=O) groups is 1. The fourth-order valence-corrected chi connectivity index (χ4v) is 4.73. The van der Waals surface area contributed by atoms with Crippen LogP contribution in [0, 0.1) is 30.1 Å². The summed E-state index contributed by atoms with van der Waals surface area (Å²) in [7, 11) is 1.47. The van der Waals surface area contributed by atoms with Crippen LogP contribution in [-0.2, 0) is 17.9 Å². The fourth-order valence-electron chi connectivity index (χ4n) is 4.73. The second-order valence-corrected chi connectivity index (χ2v) is 9.99. The molecule has 0 saturated heterocycles. The van der Waals surface area contributed by atoms with Crippen molar-refractivity contribution < 1.29 is 9.53 Å². The number of methoxy groups -OCH3 is 1. The van der Waals surface area contributed by atoms with Crippen LogP contribution in [0.25, 0.3) is 0 Å². The van der Waals surface area contributed by atoms with Crippen LogP contribution in [0.1, 0.15) is 52.2 Å². The minimum atomic E-state index is -0.428. The van der Waals surface area contributed by atoms with E-state index in [0.717, 1.165) is 22.2 Å². The highest BCUT2D eigenvalue weighted by Crippen LogP contribution is 2.48. The number of anilines is 1. The summed E-state index contributed by atoms with van der Waals surface area (Å²) in [6.07, 6.45) is 6.02. The quantitative estimate of drug-likeness (QED) is 0.664. The maximum absolute atomic E-state index is 13.0. The van der Waals surface area contributed by atoms with Gasteiger partial charge >= 0.3 is 5.56 Å². The number of amides is 1. The van der Waals surface area contributed by atoms with Gasteiger partial charge in [-0.3, -0.25) is 14.6 Å². The molecule has 180 valence electrons. The van der Waals surface area contributed by atoms with Crippen molar-refractivity contribution >= 4 is 11.6 Å². The second-order valence-electron chi connectivity index (χ2n) is 9.99. The van der Waals surface area contributed by atoms with Crippen LogP contribution in [0.15, 0.2) is 29.5 Å². The molecule has 2 aromatic rings. The molecule has 0 bridgehead atoms. The molecule has 1 saturated carbocycles. The van der Waals surface area contributed by atoms with Gasteiger partial charge in [0.15, 0.2) is 0 Å². The van der Waals surface area contributed by atoms with Gasteiger partial charge in [-0.15, -0.1) is 0 Å². The first-order valence-electron chi connectivity index (χ1n) is 11.6. The third-order valence-electron chi connectivity index (χ3n) is 7.92. The van der Waals surface area contributed by atoms with E-state index in [4.69, 9.17) is 4.74 Å². The Balaban J connectivity index is 1.71. The molecule has 0 aromatic carbocycles. The summed E-state index contributed by atoms with van der Waals surface area (Å²) in [6, 6.07) is 2.07. The van der Waals surface area contributed by atoms with Gasteiger partial charge in [0.05, 0.1) is 13.3 Å². The topological polar surface area (TPSA) is 98.1 Å². The molecule has 1 amide bonds. The van der Waals surface area contributed by atoms with E-state index in [-0.39, 0.29) is 29.7 Å². The fraction of sp³-hybridized carbons (Fsp3) is 0.600. The normalized spacial score (nSPS) is 24.2. The van der Waals surface area contributed by atoms with Gasteiger partial charge in [0.2, 0.25) is 11.7 Å². The molecule has 2 aromatic heterocycles. The number of pyridine rings is 1. The molecule has 3 rings (SSSR count). The molecule has 1 aliphatic carbocycles. The predicted molar refractivity (Wildman–Crippen MR) is 129 cm³/mol. The van der Waals surface area contributed by atoms with Crippen LogP contribution in [0.5, 0.6) is 5.75 Å². The van der Waals surface area contributed by atoms with E-state index >= 15 is 0 Å². The molecule has 4 atom stereocenters. The van der Waals surface area contributed by atoms with E-state index in [1.807, 2.05) is 13.0 Å². The van der Waals surface area contributed by atoms with E-state index in [0.29, 0.717) is 30.0 Å². The number of rotatable bonds is 7. The van der Waals surface area contributed by atoms with Gasteiger partial charge in [-0.25, -0.2) is 4.68 Å². The van der Waals surface area contributed by atoms with E-state index in [2.05, 4.69) is 55.3 Å². The van der Waals surface area contributed by atoms with Gasteiger partial charge < -0.3 is 15.4 Å². The lowest BCUT2D eigenvalue weighted by Gasteiger charge is -2.50. The molecule has 1 fully saturated rings. The number of nitrogens with zero attached hydrogens (tertiary/aromatic N) is 3. The minimum Gasteiger partial charge on any atom is -0.490 e. The standard InChI is InChI=1S/C25H37N5O3/c1-15-11-26-9-8-19(15)12-27-22(31)14-30-24(32)23(33-7)21(13-28-30)29-20-10-16(2)25(5,6)18(4)17(20)3/h8-9,11,13,16-18,20,29H,10,12,14H2,1-7H3,(H,27,31)/t16-,17+,18+,20+/m0/s1. The number of hydrogen-bond acceptors (Lipinski definition) is 6. The average molecular weight is 456 g/mol. The van der Waals surface area contributed by atoms with Crippen molar-refractivity contribution in [2.75, 3.05) is 12.4 Å². The zero-order valence-corrected chi connectivity index (χ0v) is 20.8. The number of carbonyl (C=O) groups excluding carboxylic acids is 1. The maximum atomic E-state index is 13.0. The molecule has 8 heteroatoms. The van der Waals surface area contributed by atoms with Gasteiger partial charge in [0.25, 0.3) is 0 Å². The lowest BCUT2D eigenvalue weighted by Crippen LogP contribution is -2.48. The Labute approximate surface area is 196 Å². The third kappa shape index (κ3) is 5.20. The van der Waals surface area contributed by atoms with Crippen molar-refractivity contribution in [3.63, 3.8) is 0 Å². The summed E-state index contributed by atoms with van der Waals surface area (Å²) in [5.41, 5.74) is 2.37. The van der Waals surface area contributed by atoms with Crippen LogP contribution in [0.4, 0.5) is 5.69 Å². The summed E-state index contributed by atoms with van der Waals surface area (Å²) < 4.78 is 6.58. The summed E-state index contributed by atoms with van der Waals surface area (Å²) in [4.78, 5) is 29.5. The van der Waals surface area contributed by atoms with E-state index in [9.17, 15) is 9.59 Å². The highest BCUT2D eigenvalue weighted by Gasteiger charge is 2.43. The smallest absolute Gasteiger partial charge is 0.311 e. The SMILES string of the molecule is COc1c(N[C@@H]2C[C@H](C)C(C)(C)[C@H](C)[C@H]2C)cnn(CC(=O)NCc2ccncc2C)c1=O. The Morgan fingerprint density at radius 3 is 2.67 bits per heavy atom. The van der Waals surface area contributed by atoms with E-state index in [1.165, 1.54) is 7.11 Å². The van der Waals surface area contributed by atoms with Gasteiger partial charge in [0.1, 0.15) is 12.2 Å². The largest absolute Gasteiger partial charge is 0.490 e. The van der Waals surface area contributed by atoms with Gasteiger partial charge in [0, 0.05) is 25.0 Å². The predicted octanol–water partition coefficient (Wildman–Crippen LogP) is 3.39. The third-order valence-corrected chi connectivity index (χ3v) is 7.92. The van der Waals surface area contributed by atoms with Crippen LogP contribution >= 0.6 is 0 Å². The molecule has 0 spiro atoms. The summed E-state index contributed by atoms with van der Waals surface area (Å²) in [5.74, 6) is 1.36. The number of hydrogen-bond donors (Lipinski definition) is 2. The molecule has 0 radical (unpaired) electrons. The van der Waals surface area contributed by atoms with Gasteiger partial charge in [-0.05, 0) is 53.7 Å². The highest BCUT2D eigenvalue weighted by atomic mass is 16.5. The summed E-state index contributed by atoms with van der Waals surface area (Å²) in [5, 5.41) is 10.6. The Morgan fingerprint density at radius 2 is 2.00 bits per heavy atom. The summed E-state index contributed by atoms with van der Waals surface area (Å²) >= 11 is 0. The van der Waals surface area contributed by atoms with Crippen molar-refractivity contribution in [2.24, 2.45) is 23.2 Å². The Bertz CT molecular complexity index is 1050. The van der Waals surface area contributed by atoms with Crippen molar-refractivity contribution in [3.05, 3.63) is 46.1 Å². The number of ether oxygens (including phenoxy) is 1. The van der Waals surface area contributed by atoms with Crippen molar-refractivity contribution in [2.45, 2.75) is 67.1 Å². The van der Waals surface area contributed by atoms with Crippen molar-refractivity contribution in [3.8, 4) is 5.75 Å². The number of aryl methyl sites for hydroxylation is 1. The Morgan fingerprint density at radius 1 is 1.27 bits per heavy atom. The van der Waals surface area contributed by atoms with Crippen LogP contribution in [0.2, 0.25) is 0 Å². The van der Waals surface area contributed by atoms with Crippen molar-refractivity contribution in [1.82, 2.24) is 20.1 Å². The van der Waals surface area contributed by atoms with Crippen LogP contribution in [0.3, 0.4) is 0 Å². The monoisotopic (exact) mass is 455 g/mol. The first-order valence-corrected chi connectivity index (χ1v) is 11.6. The van der Waals surface area contributed by atoms with Gasteiger partial charge in [-0.2, -0.15) is 5.10 Å². The van der Waals surface area contributed by atoms with Crippen LogP contribution < -0.4 is 20.9 Å². The molecule has 1 aliphatic rings. The number of aromatic nitrogens is 3. The first kappa shape index (κ1) is 24.7. The molecule has 0 aliphatic heterocycles. The molecular formula is C25H37N5O3. The molecule has 33 heavy (non-hydrogen) atoms. The first-order chi connectivity index (χ1) is 15.6. The molecular weight excluding hydrogens is 418 g/mol. The Hall–Kier alpha value is -2.90. The molecule has 2 N–H and O–H groups in total. The molecule has 8 nitrogen and oxygen atoms in total. The highest BCUT2D eigenvalue weighted by molar-refractivity contribution is 5.75. The van der Waals surface area contributed by atoms with Gasteiger partial charge in [-0.1, -0.05) is 34.6 Å². The zero-order chi connectivity index (χ0) is 24.3. The zero-order valence-electron chi connectivity index (χ0n) is 20.8. The minimum absolute atomic E-state index is 0.179. The lowest BCUT2D eigenvalue weighted by atomic mass is 9.58. The van der Waals surface area contributed by atoms with E-state index in [1.54, 1.807) is 18.6 Å². The molecule has 2 heterocycles. The van der Waals surface area contributed by atoms with E-state index < -0.39 is 5.56 Å². The Kier molecular flexibility index (Phi) is 7.44. The second kappa shape index (κ2) is 9.93. The number of nitrogens with one attached hydrogen (secondary N) is 2. The van der Waals surface area contributed by atoms with Crippen LogP contribution in [-0.4, -0.2) is 33.8 Å². The molecule has 0 unspecified atom stereocenters. The van der Waals surface area contributed by atoms with Crippen molar-refractivity contribution in [1.29, 1.82) is 0 Å². The summed E-state index contributed by atoms with van der Waals surface area (Å²) in [6.45, 7) is 13.6. The maximum Gasteiger partial charge on any atom is 0.311 e. The lowest BCUT2D eigenvalue weighted by molar-refractivity contribution is -0.122. The average Bonchev–Trinajstić information content (AvgIpc) is 2.78.